The molecular formula is C2H8OS. The largest absolute Gasteiger partial charge is 0.386 e. The Balaban J connectivity index is 0. The number of aliphatic hydroxyl groups excluding tert-OH is 1. The third-order valence-electron chi connectivity index (χ3n) is 0. The number of thiol groups is 1. The summed E-state index contributed by atoms with van der Waals surface area (Å²) in [7, 11) is 0. The molecule has 0 radical (unpaired) electrons. The van der Waals surface area contributed by atoms with Crippen LogP contribution in [0.1, 0.15) is 7.43 Å². The Morgan fingerprint density at radius 1 is 1.75 bits per heavy atom. The van der Waals surface area contributed by atoms with E-state index in [1.165, 1.54) is 0 Å². The average molecular weight is 80.2 g/mol. The highest BCUT2D eigenvalue weighted by Crippen LogP contribution is 1.51. The van der Waals surface area contributed by atoms with Crippen LogP contribution in [0.15, 0.2) is 0 Å². The fraction of sp³-hybridized carbons (Fsp3) is 1.00. The zero-order chi connectivity index (χ0) is 2.71. The van der Waals surface area contributed by atoms with Crippen molar-refractivity contribution in [2.45, 2.75) is 7.43 Å². The lowest BCUT2D eigenvalue weighted by atomic mass is 11.7. The van der Waals surface area contributed by atoms with Crippen LogP contribution < -0.4 is 0 Å². The fourth-order valence-electron chi connectivity index (χ4n) is 0. The molecule has 0 aromatic rings. The van der Waals surface area contributed by atoms with E-state index in [2.05, 4.69) is 12.6 Å². The van der Waals surface area contributed by atoms with E-state index in [9.17, 15) is 0 Å². The van der Waals surface area contributed by atoms with Gasteiger partial charge in [0.25, 0.3) is 0 Å². The molecule has 0 heterocycles. The molecule has 0 aliphatic carbocycles. The van der Waals surface area contributed by atoms with E-state index in [4.69, 9.17) is 5.11 Å². The maximum absolute atomic E-state index is 7.43. The summed E-state index contributed by atoms with van der Waals surface area (Å²) < 4.78 is 0. The van der Waals surface area contributed by atoms with Gasteiger partial charge in [-0.2, -0.15) is 12.6 Å². The first-order valence-electron chi connectivity index (χ1n) is 0.632. The van der Waals surface area contributed by atoms with Crippen LogP contribution >= 0.6 is 12.6 Å². The Kier molecular flexibility index (Phi) is 22.8. The molecule has 0 amide bonds. The molecule has 0 aliphatic heterocycles. The minimum absolute atomic E-state index is 0. The summed E-state index contributed by atoms with van der Waals surface area (Å²) in [5.41, 5.74) is 0. The monoisotopic (exact) mass is 80.0 g/mol. The minimum Gasteiger partial charge on any atom is -0.386 e. The molecule has 0 unspecified atom stereocenters. The number of hydrogen-bond donors (Lipinski definition) is 2. The Morgan fingerprint density at radius 2 is 1.75 bits per heavy atom. The predicted octanol–water partition coefficient (Wildman–Crippen LogP) is 0.502. The van der Waals surface area contributed by atoms with Crippen molar-refractivity contribution in [3.63, 3.8) is 0 Å². The molecule has 0 aliphatic rings. The molecule has 4 heavy (non-hydrogen) atoms. The summed E-state index contributed by atoms with van der Waals surface area (Å²) in [6.07, 6.45) is 0. The van der Waals surface area contributed by atoms with Crippen LogP contribution in [0.2, 0.25) is 0 Å². The first-order valence-corrected chi connectivity index (χ1v) is 1.26. The smallest absolute Gasteiger partial charge is 0.0857 e. The van der Waals surface area contributed by atoms with Gasteiger partial charge >= 0.3 is 0 Å². The van der Waals surface area contributed by atoms with Gasteiger partial charge in [0.2, 0.25) is 0 Å². The summed E-state index contributed by atoms with van der Waals surface area (Å²) in [5.74, 6) is -0.0556. The molecule has 0 spiro atoms. The molecule has 0 fully saturated rings. The third-order valence-corrected chi connectivity index (χ3v) is 0. The van der Waals surface area contributed by atoms with Gasteiger partial charge < -0.3 is 5.11 Å². The fourth-order valence-corrected chi connectivity index (χ4v) is 0. The molecule has 0 aromatic carbocycles. The standard InChI is InChI=1S/CH4OS.CH4/c2-1-3;/h2-3H,1H2;1H4. The van der Waals surface area contributed by atoms with Crippen molar-refractivity contribution in [2.24, 2.45) is 0 Å². The van der Waals surface area contributed by atoms with Crippen LogP contribution in [0.5, 0.6) is 0 Å². The summed E-state index contributed by atoms with van der Waals surface area (Å²) in [4.78, 5) is 0. The first kappa shape index (κ1) is 8.85. The second kappa shape index (κ2) is 10.3. The topological polar surface area (TPSA) is 20.2 Å². The van der Waals surface area contributed by atoms with Crippen molar-refractivity contribution in [1.29, 1.82) is 0 Å². The highest BCUT2D eigenvalue weighted by atomic mass is 32.1. The van der Waals surface area contributed by atoms with E-state index in [-0.39, 0.29) is 13.4 Å². The molecule has 0 aromatic heterocycles. The maximum Gasteiger partial charge on any atom is 0.0857 e. The van der Waals surface area contributed by atoms with Gasteiger partial charge in [-0.3, -0.25) is 0 Å². The molecule has 0 saturated heterocycles. The molecule has 0 saturated carbocycles. The average Bonchev–Trinajstić information content (AvgIpc) is 0.918. The van der Waals surface area contributed by atoms with Crippen LogP contribution in [0.4, 0.5) is 0 Å². The van der Waals surface area contributed by atoms with Crippen molar-refractivity contribution < 1.29 is 5.11 Å². The van der Waals surface area contributed by atoms with Gasteiger partial charge in [-0.1, -0.05) is 7.43 Å². The number of rotatable bonds is 0. The van der Waals surface area contributed by atoms with Crippen molar-refractivity contribution >= 4 is 12.6 Å². The molecule has 0 rings (SSSR count). The lowest BCUT2D eigenvalue weighted by molar-refractivity contribution is 0.377. The van der Waals surface area contributed by atoms with Gasteiger partial charge in [0.1, 0.15) is 0 Å². The van der Waals surface area contributed by atoms with Gasteiger partial charge in [0.15, 0.2) is 0 Å². The normalized spacial score (nSPS) is 4.50. The Bertz CT molecular complexity index is 6.00. The summed E-state index contributed by atoms with van der Waals surface area (Å²) in [5, 5.41) is 7.43. The second-order valence-electron chi connectivity index (χ2n) is 0.141. The van der Waals surface area contributed by atoms with Gasteiger partial charge in [-0.25, -0.2) is 0 Å². The number of hydrogen-bond acceptors (Lipinski definition) is 2. The lowest BCUT2D eigenvalue weighted by Gasteiger charge is -1.52. The van der Waals surface area contributed by atoms with Crippen LogP contribution in [0.3, 0.4) is 0 Å². The van der Waals surface area contributed by atoms with Crippen molar-refractivity contribution in [3.05, 3.63) is 0 Å². The Labute approximate surface area is 32.1 Å². The summed E-state index contributed by atoms with van der Waals surface area (Å²) in [6.45, 7) is 0. The lowest BCUT2D eigenvalue weighted by Crippen LogP contribution is -1.50. The van der Waals surface area contributed by atoms with E-state index >= 15 is 0 Å². The predicted molar refractivity (Wildman–Crippen MR) is 22.8 cm³/mol. The zero-order valence-corrected chi connectivity index (χ0v) is 2.50. The van der Waals surface area contributed by atoms with Gasteiger partial charge in [-0.15, -0.1) is 0 Å². The van der Waals surface area contributed by atoms with Crippen molar-refractivity contribution in [3.8, 4) is 0 Å². The van der Waals surface area contributed by atoms with E-state index in [0.29, 0.717) is 0 Å². The SMILES string of the molecule is C.OCS. The Hall–Kier alpha value is 0.310. The second-order valence-corrected chi connectivity index (χ2v) is 0.424. The van der Waals surface area contributed by atoms with Crippen molar-refractivity contribution in [2.75, 3.05) is 5.94 Å². The highest BCUT2D eigenvalue weighted by Gasteiger charge is 1.34. The van der Waals surface area contributed by atoms with Gasteiger partial charge in [-0.05, 0) is 0 Å². The van der Waals surface area contributed by atoms with Crippen LogP contribution in [0, 0.1) is 0 Å². The van der Waals surface area contributed by atoms with E-state index < -0.39 is 0 Å². The van der Waals surface area contributed by atoms with E-state index in [1.54, 1.807) is 0 Å². The maximum atomic E-state index is 7.43. The number of aliphatic hydroxyl groups is 1. The molecule has 1 nitrogen and oxygen atoms in total. The third kappa shape index (κ3) is 41.3. The first-order chi connectivity index (χ1) is 1.41. The zero-order valence-electron chi connectivity index (χ0n) is 1.60. The van der Waals surface area contributed by atoms with E-state index in [0.717, 1.165) is 0 Å². The summed E-state index contributed by atoms with van der Waals surface area (Å²) >= 11 is 3.34. The van der Waals surface area contributed by atoms with Crippen LogP contribution in [0.25, 0.3) is 0 Å². The molecule has 2 heteroatoms. The van der Waals surface area contributed by atoms with Crippen LogP contribution in [-0.4, -0.2) is 11.0 Å². The van der Waals surface area contributed by atoms with Gasteiger partial charge in [0.05, 0.1) is 5.94 Å². The Morgan fingerprint density at radius 3 is 1.75 bits per heavy atom. The molecule has 0 bridgehead atoms. The van der Waals surface area contributed by atoms with Crippen molar-refractivity contribution in [1.82, 2.24) is 0 Å². The van der Waals surface area contributed by atoms with Gasteiger partial charge in [0, 0.05) is 0 Å². The molecule has 28 valence electrons. The van der Waals surface area contributed by atoms with E-state index in [1.807, 2.05) is 0 Å². The highest BCUT2D eigenvalue weighted by molar-refractivity contribution is 7.80. The van der Waals surface area contributed by atoms with Crippen LogP contribution in [-0.2, 0) is 0 Å². The quantitative estimate of drug-likeness (QED) is 0.321. The summed E-state index contributed by atoms with van der Waals surface area (Å²) in [6, 6.07) is 0. The molecular weight excluding hydrogens is 72.1 g/mol. The molecule has 0 atom stereocenters. The molecule has 1 N–H and O–H groups in total. The minimum atomic E-state index is -0.0556.